The Labute approximate surface area is 184 Å². The molecule has 0 spiro atoms. The second-order valence-electron chi connectivity index (χ2n) is 8.03. The van der Waals surface area contributed by atoms with Gasteiger partial charge in [-0.15, -0.1) is 0 Å². The molecule has 4 heterocycles. The summed E-state index contributed by atoms with van der Waals surface area (Å²) in [6, 6.07) is 8.08. The lowest BCUT2D eigenvalue weighted by atomic mass is 10.0. The van der Waals surface area contributed by atoms with Gasteiger partial charge in [-0.2, -0.15) is 10.2 Å². The molecule has 0 bridgehead atoms. The number of benzene rings is 1. The van der Waals surface area contributed by atoms with Gasteiger partial charge in [0.15, 0.2) is 0 Å². The number of rotatable bonds is 1. The van der Waals surface area contributed by atoms with Crippen LogP contribution >= 0.6 is 0 Å². The third-order valence-electron chi connectivity index (χ3n) is 5.43. The minimum absolute atomic E-state index is 0.318. The third kappa shape index (κ3) is 4.53. The molecular weight excluding hydrogens is 408 g/mol. The molecule has 32 heavy (non-hydrogen) atoms. The smallest absolute Gasteiger partial charge is 0.314 e. The van der Waals surface area contributed by atoms with Gasteiger partial charge < -0.3 is 16.0 Å². The molecule has 1 unspecified atom stereocenters. The molecule has 1 aliphatic rings. The average molecular weight is 435 g/mol. The van der Waals surface area contributed by atoms with E-state index in [0.717, 1.165) is 18.4 Å². The highest BCUT2D eigenvalue weighted by Crippen LogP contribution is 2.24. The number of nitrogens with one attached hydrogen (secondary N) is 2. The predicted octanol–water partition coefficient (Wildman–Crippen LogP) is 2.31. The van der Waals surface area contributed by atoms with Crippen LogP contribution < -0.4 is 11.1 Å². The summed E-state index contributed by atoms with van der Waals surface area (Å²) in [7, 11) is 1.93. The molecule has 1 atom stereocenters. The van der Waals surface area contributed by atoms with Gasteiger partial charge in [0, 0.05) is 31.7 Å². The first kappa shape index (κ1) is 21.3. The first-order chi connectivity index (χ1) is 15.4. The minimum atomic E-state index is -0.670. The Hall–Kier alpha value is -3.95. The number of aryl methyl sites for hydroxylation is 1. The summed E-state index contributed by atoms with van der Waals surface area (Å²) in [5.74, 6) is -0.450. The highest BCUT2D eigenvalue weighted by molar-refractivity contribution is 6.40. The van der Waals surface area contributed by atoms with Gasteiger partial charge in [0.2, 0.25) is 0 Å². The number of likely N-dealkylation sites (tertiary alicyclic amines) is 1. The molecule has 4 aromatic rings. The number of pyridine rings is 1. The fourth-order valence-electron chi connectivity index (χ4n) is 3.83. The summed E-state index contributed by atoms with van der Waals surface area (Å²) in [5, 5.41) is 15.3. The van der Waals surface area contributed by atoms with Gasteiger partial charge in [-0.3, -0.25) is 19.4 Å². The van der Waals surface area contributed by atoms with E-state index < -0.39 is 11.8 Å². The summed E-state index contributed by atoms with van der Waals surface area (Å²) in [5.41, 5.74) is 7.74. The SMILES string of the molecule is CC1CCCN(C(=O)C(=O)Nc2cnc(N)c3cn[nH]c23)C1.Cn1cc2ccccc2n1. The number of hydrogen-bond acceptors (Lipinski definition) is 6. The quantitative estimate of drug-likeness (QED) is 0.394. The number of amides is 2. The van der Waals surface area contributed by atoms with Crippen LogP contribution in [0, 0.1) is 5.92 Å². The highest BCUT2D eigenvalue weighted by Gasteiger charge is 2.26. The standard InChI is InChI=1S/C14H18N6O2.C8H8N2/c1-8-3-2-4-20(7-8)14(22)13(21)18-10-6-16-12(15)9-5-17-19-11(9)10;1-10-6-7-4-2-3-5-8(7)9-10/h5-6,8H,2-4,7H2,1H3,(H2,15,16)(H,17,19)(H,18,21);2-6H,1H3. The topological polar surface area (TPSA) is 135 Å². The maximum atomic E-state index is 12.2. The van der Waals surface area contributed by atoms with Gasteiger partial charge in [0.1, 0.15) is 5.82 Å². The van der Waals surface area contributed by atoms with Crippen molar-refractivity contribution in [2.24, 2.45) is 13.0 Å². The molecule has 10 nitrogen and oxygen atoms in total. The van der Waals surface area contributed by atoms with E-state index in [1.165, 1.54) is 17.8 Å². The molecule has 10 heteroatoms. The summed E-state index contributed by atoms with van der Waals surface area (Å²) < 4.78 is 1.82. The Bertz CT molecular complexity index is 1230. The van der Waals surface area contributed by atoms with Crippen LogP contribution in [0.1, 0.15) is 19.8 Å². The van der Waals surface area contributed by atoms with Crippen LogP contribution in [0.5, 0.6) is 0 Å². The first-order valence-corrected chi connectivity index (χ1v) is 10.5. The van der Waals surface area contributed by atoms with E-state index in [1.54, 1.807) is 4.90 Å². The van der Waals surface area contributed by atoms with Gasteiger partial charge in [-0.1, -0.05) is 25.1 Å². The van der Waals surface area contributed by atoms with E-state index in [1.807, 2.05) is 36.1 Å². The van der Waals surface area contributed by atoms with Crippen molar-refractivity contribution in [3.63, 3.8) is 0 Å². The highest BCUT2D eigenvalue weighted by atomic mass is 16.2. The third-order valence-corrected chi connectivity index (χ3v) is 5.43. The van der Waals surface area contributed by atoms with Gasteiger partial charge in [0.05, 0.1) is 34.5 Å². The van der Waals surface area contributed by atoms with Crippen molar-refractivity contribution in [1.82, 2.24) is 29.9 Å². The number of carbonyl (C=O) groups excluding carboxylic acids is 2. The van der Waals surface area contributed by atoms with E-state index in [9.17, 15) is 9.59 Å². The largest absolute Gasteiger partial charge is 0.383 e. The maximum absolute atomic E-state index is 12.2. The molecule has 3 aromatic heterocycles. The van der Waals surface area contributed by atoms with E-state index >= 15 is 0 Å². The zero-order valence-corrected chi connectivity index (χ0v) is 18.1. The zero-order chi connectivity index (χ0) is 22.7. The van der Waals surface area contributed by atoms with Crippen LogP contribution in [-0.4, -0.2) is 54.8 Å². The lowest BCUT2D eigenvalue weighted by Gasteiger charge is -2.30. The van der Waals surface area contributed by atoms with Crippen LogP contribution in [-0.2, 0) is 16.6 Å². The number of nitrogens with zero attached hydrogens (tertiary/aromatic N) is 5. The average Bonchev–Trinajstić information content (AvgIpc) is 3.42. The Balaban J connectivity index is 0.000000203. The molecular formula is C22H26N8O2. The molecule has 4 N–H and O–H groups in total. The second-order valence-corrected chi connectivity index (χ2v) is 8.03. The van der Waals surface area contributed by atoms with Crippen molar-refractivity contribution in [3.8, 4) is 0 Å². The van der Waals surface area contributed by atoms with Crippen molar-refractivity contribution >= 4 is 45.1 Å². The molecule has 1 saturated heterocycles. The summed E-state index contributed by atoms with van der Waals surface area (Å²) >= 11 is 0. The van der Waals surface area contributed by atoms with E-state index in [0.29, 0.717) is 41.4 Å². The number of carbonyl (C=O) groups is 2. The molecule has 1 fully saturated rings. The monoisotopic (exact) mass is 434 g/mol. The van der Waals surface area contributed by atoms with Crippen molar-refractivity contribution in [1.29, 1.82) is 0 Å². The first-order valence-electron chi connectivity index (χ1n) is 10.5. The van der Waals surface area contributed by atoms with Gasteiger partial charge >= 0.3 is 11.8 Å². The van der Waals surface area contributed by atoms with Crippen LogP contribution in [0.2, 0.25) is 0 Å². The number of hydrogen-bond donors (Lipinski definition) is 3. The molecule has 0 radical (unpaired) electrons. The van der Waals surface area contributed by atoms with Gasteiger partial charge in [0.25, 0.3) is 0 Å². The Morgan fingerprint density at radius 2 is 2.06 bits per heavy atom. The molecule has 2 amide bonds. The fourth-order valence-corrected chi connectivity index (χ4v) is 3.83. The number of piperidine rings is 1. The van der Waals surface area contributed by atoms with E-state index in [4.69, 9.17) is 5.73 Å². The van der Waals surface area contributed by atoms with Gasteiger partial charge in [-0.05, 0) is 24.8 Å². The Kier molecular flexibility index (Phi) is 6.02. The molecule has 0 aliphatic carbocycles. The van der Waals surface area contributed by atoms with Crippen molar-refractivity contribution < 1.29 is 9.59 Å². The van der Waals surface area contributed by atoms with Gasteiger partial charge in [-0.25, -0.2) is 4.98 Å². The lowest BCUT2D eigenvalue weighted by molar-refractivity contribution is -0.144. The Morgan fingerprint density at radius 3 is 2.84 bits per heavy atom. The number of H-pyrrole nitrogens is 1. The van der Waals surface area contributed by atoms with Crippen molar-refractivity contribution in [2.45, 2.75) is 19.8 Å². The number of anilines is 2. The predicted molar refractivity (Wildman–Crippen MR) is 123 cm³/mol. The number of fused-ring (bicyclic) bond motifs is 2. The fraction of sp³-hybridized carbons (Fsp3) is 0.318. The van der Waals surface area contributed by atoms with E-state index in [-0.39, 0.29) is 0 Å². The number of nitrogen functional groups attached to an aromatic ring is 1. The van der Waals surface area contributed by atoms with Crippen LogP contribution in [0.25, 0.3) is 21.8 Å². The van der Waals surface area contributed by atoms with Crippen LogP contribution in [0.4, 0.5) is 11.5 Å². The lowest BCUT2D eigenvalue weighted by Crippen LogP contribution is -2.44. The summed E-state index contributed by atoms with van der Waals surface area (Å²) in [6.07, 6.45) is 6.97. The maximum Gasteiger partial charge on any atom is 0.314 e. The molecule has 1 aromatic carbocycles. The van der Waals surface area contributed by atoms with Crippen molar-refractivity contribution in [3.05, 3.63) is 42.9 Å². The molecule has 5 rings (SSSR count). The van der Waals surface area contributed by atoms with Crippen LogP contribution in [0.3, 0.4) is 0 Å². The Morgan fingerprint density at radius 1 is 1.25 bits per heavy atom. The van der Waals surface area contributed by atoms with Crippen LogP contribution in [0.15, 0.2) is 42.9 Å². The summed E-state index contributed by atoms with van der Waals surface area (Å²) in [6.45, 7) is 3.32. The molecule has 166 valence electrons. The summed E-state index contributed by atoms with van der Waals surface area (Å²) in [4.78, 5) is 30.0. The number of aromatic nitrogens is 5. The normalized spacial score (nSPS) is 15.9. The van der Waals surface area contributed by atoms with Crippen molar-refractivity contribution in [2.75, 3.05) is 24.1 Å². The minimum Gasteiger partial charge on any atom is -0.383 e. The zero-order valence-electron chi connectivity index (χ0n) is 18.1. The van der Waals surface area contributed by atoms with E-state index in [2.05, 4.69) is 38.6 Å². The molecule has 1 aliphatic heterocycles. The number of nitrogens with two attached hydrogens (primary N) is 1. The molecule has 0 saturated carbocycles. The second kappa shape index (κ2) is 9.04. The number of aromatic amines is 1.